The number of hydrogen-bond donors (Lipinski definition) is 2. The molecule has 0 radical (unpaired) electrons. The minimum Gasteiger partial charge on any atom is -0.483 e. The van der Waals surface area contributed by atoms with Crippen LogP contribution in [0.3, 0.4) is 0 Å². The molecule has 2 heterocycles. The number of benzene rings is 2. The van der Waals surface area contributed by atoms with Gasteiger partial charge in [-0.25, -0.2) is 0 Å². The molecule has 2 N–H and O–H groups in total. The van der Waals surface area contributed by atoms with Gasteiger partial charge in [0.25, 0.3) is 12.4 Å². The van der Waals surface area contributed by atoms with Crippen LogP contribution < -0.4 is 5.32 Å². The van der Waals surface area contributed by atoms with E-state index in [1.165, 1.54) is 11.1 Å². The maximum Gasteiger partial charge on any atom is 0.290 e. The average molecular weight is 382 g/mol. The first-order valence-electron chi connectivity index (χ1n) is 9.48. The number of nitrogens with zero attached hydrogens (tertiary/aromatic N) is 1. The Balaban J connectivity index is 0.000000706. The quantitative estimate of drug-likeness (QED) is 0.795. The number of fused-ring (bicyclic) bond motifs is 2. The van der Waals surface area contributed by atoms with Crippen molar-refractivity contribution >= 4 is 12.4 Å². The van der Waals surface area contributed by atoms with Crippen molar-refractivity contribution < 1.29 is 19.4 Å². The summed E-state index contributed by atoms with van der Waals surface area (Å²) >= 11 is 0. The molecule has 1 unspecified atom stereocenters. The molecule has 0 fully saturated rings. The van der Waals surface area contributed by atoms with Crippen molar-refractivity contribution in [1.29, 1.82) is 0 Å². The molecule has 1 atom stereocenters. The van der Waals surface area contributed by atoms with E-state index in [-0.39, 0.29) is 18.4 Å². The van der Waals surface area contributed by atoms with Crippen molar-refractivity contribution in [1.82, 2.24) is 10.2 Å². The maximum absolute atomic E-state index is 12.7. The fourth-order valence-electron chi connectivity index (χ4n) is 3.86. The fourth-order valence-corrected chi connectivity index (χ4v) is 3.86. The van der Waals surface area contributed by atoms with E-state index < -0.39 is 0 Å². The van der Waals surface area contributed by atoms with E-state index in [0.29, 0.717) is 13.2 Å². The summed E-state index contributed by atoms with van der Waals surface area (Å²) in [5, 5.41) is 10.0. The van der Waals surface area contributed by atoms with Gasteiger partial charge < -0.3 is 15.2 Å². The number of hydrogen-bond acceptors (Lipinski definition) is 4. The van der Waals surface area contributed by atoms with Gasteiger partial charge in [-0.05, 0) is 41.7 Å². The highest BCUT2D eigenvalue weighted by molar-refractivity contribution is 5.96. The second-order valence-corrected chi connectivity index (χ2v) is 7.17. The molecule has 0 bridgehead atoms. The molecule has 148 valence electrons. The lowest BCUT2D eigenvalue weighted by molar-refractivity contribution is -0.122. The molecule has 2 aliphatic heterocycles. The molecule has 0 saturated carbocycles. The van der Waals surface area contributed by atoms with Crippen LogP contribution in [0.4, 0.5) is 0 Å². The predicted octanol–water partition coefficient (Wildman–Crippen LogP) is 2.59. The topological polar surface area (TPSA) is 78.9 Å². The van der Waals surface area contributed by atoms with Gasteiger partial charge in [0.15, 0.2) is 0 Å². The molecule has 0 aliphatic carbocycles. The molecular weight excluding hydrogens is 356 g/mol. The Hall–Kier alpha value is -2.70. The van der Waals surface area contributed by atoms with Gasteiger partial charge in [0.2, 0.25) is 0 Å². The number of carbonyl (C=O) groups excluding carboxylic acids is 1. The summed E-state index contributed by atoms with van der Waals surface area (Å²) in [5.41, 5.74) is 5.79. The average Bonchev–Trinajstić information content (AvgIpc) is 3.17. The lowest BCUT2D eigenvalue weighted by atomic mass is 9.99. The lowest BCUT2D eigenvalue weighted by Crippen LogP contribution is -2.43. The second kappa shape index (κ2) is 9.48. The zero-order valence-corrected chi connectivity index (χ0v) is 16.1. The summed E-state index contributed by atoms with van der Waals surface area (Å²) in [4.78, 5) is 23.5. The smallest absolute Gasteiger partial charge is 0.290 e. The summed E-state index contributed by atoms with van der Waals surface area (Å²) < 4.78 is 5.48. The van der Waals surface area contributed by atoms with Gasteiger partial charge in [-0.15, -0.1) is 0 Å². The minimum absolute atomic E-state index is 0.00672. The van der Waals surface area contributed by atoms with Crippen molar-refractivity contribution in [2.45, 2.75) is 39.1 Å². The highest BCUT2D eigenvalue weighted by Crippen LogP contribution is 2.23. The van der Waals surface area contributed by atoms with Crippen LogP contribution >= 0.6 is 0 Å². The summed E-state index contributed by atoms with van der Waals surface area (Å²) in [5.74, 6) is 0.00672. The summed E-state index contributed by atoms with van der Waals surface area (Å²) in [6.45, 7) is 5.86. The Morgan fingerprint density at radius 3 is 2.68 bits per heavy atom. The third kappa shape index (κ3) is 4.77. The van der Waals surface area contributed by atoms with E-state index in [9.17, 15) is 4.79 Å². The molecule has 28 heavy (non-hydrogen) atoms. The van der Waals surface area contributed by atoms with Crippen LogP contribution in [0.25, 0.3) is 0 Å². The predicted molar refractivity (Wildman–Crippen MR) is 106 cm³/mol. The third-order valence-electron chi connectivity index (χ3n) is 5.14. The first-order chi connectivity index (χ1) is 13.6. The number of nitrogens with one attached hydrogen (secondary N) is 1. The summed E-state index contributed by atoms with van der Waals surface area (Å²) in [7, 11) is 0. The lowest BCUT2D eigenvalue weighted by Gasteiger charge is -2.31. The van der Waals surface area contributed by atoms with Crippen molar-refractivity contribution in [3.8, 4) is 0 Å². The van der Waals surface area contributed by atoms with Crippen LogP contribution in [-0.4, -0.2) is 41.5 Å². The Kier molecular flexibility index (Phi) is 6.79. The van der Waals surface area contributed by atoms with Crippen LogP contribution in [0.5, 0.6) is 0 Å². The fraction of sp³-hybridized carbons (Fsp3) is 0.364. The Bertz CT molecular complexity index is 837. The normalized spacial score (nSPS) is 16.2. The van der Waals surface area contributed by atoms with Crippen molar-refractivity contribution in [3.05, 3.63) is 70.3 Å². The summed E-state index contributed by atoms with van der Waals surface area (Å²) in [6, 6.07) is 14.6. The van der Waals surface area contributed by atoms with E-state index in [2.05, 4.69) is 41.4 Å². The molecule has 1 amide bonds. The molecule has 0 aromatic heterocycles. The van der Waals surface area contributed by atoms with E-state index >= 15 is 0 Å². The van der Waals surface area contributed by atoms with Gasteiger partial charge in [-0.3, -0.25) is 14.5 Å². The van der Waals surface area contributed by atoms with Gasteiger partial charge in [-0.1, -0.05) is 36.4 Å². The first-order valence-corrected chi connectivity index (χ1v) is 9.48. The molecular formula is C22H26N2O4. The molecule has 4 rings (SSSR count). The standard InChI is InChI=1S/C21H24N2O2.CH2O2/c1-15(11-23-10-9-16-5-2-3-6-17(16)12-23)22-21(24)19-8-4-7-18-13-25-14-20(18)19;2-1-3/h2-8,15H,9-14H2,1H3,(H,22,24);1H,(H,2,3). The molecule has 2 aromatic carbocycles. The zero-order chi connectivity index (χ0) is 19.9. The van der Waals surface area contributed by atoms with Gasteiger partial charge in [0, 0.05) is 31.2 Å². The number of ether oxygens (including phenoxy) is 1. The highest BCUT2D eigenvalue weighted by atomic mass is 16.5. The number of amides is 1. The van der Waals surface area contributed by atoms with Crippen molar-refractivity contribution in [2.75, 3.05) is 13.1 Å². The molecule has 6 nitrogen and oxygen atoms in total. The van der Waals surface area contributed by atoms with Gasteiger partial charge >= 0.3 is 0 Å². The molecule has 2 aliphatic rings. The van der Waals surface area contributed by atoms with Gasteiger partial charge in [0.1, 0.15) is 0 Å². The van der Waals surface area contributed by atoms with Gasteiger partial charge in [-0.2, -0.15) is 0 Å². The van der Waals surface area contributed by atoms with Crippen LogP contribution in [0.1, 0.15) is 39.5 Å². The molecule has 6 heteroatoms. The van der Waals surface area contributed by atoms with Crippen molar-refractivity contribution in [2.24, 2.45) is 0 Å². The third-order valence-corrected chi connectivity index (χ3v) is 5.14. The highest BCUT2D eigenvalue weighted by Gasteiger charge is 2.22. The number of carboxylic acid groups (broad SMARTS) is 1. The van der Waals surface area contributed by atoms with E-state index in [1.54, 1.807) is 0 Å². The monoisotopic (exact) mass is 382 g/mol. The van der Waals surface area contributed by atoms with E-state index in [4.69, 9.17) is 14.6 Å². The number of carbonyl (C=O) groups is 2. The van der Waals surface area contributed by atoms with E-state index in [1.807, 2.05) is 18.2 Å². The largest absolute Gasteiger partial charge is 0.483 e. The SMILES string of the molecule is CC(CN1CCc2ccccc2C1)NC(=O)c1cccc2c1COC2.O=CO. The Morgan fingerprint density at radius 2 is 1.89 bits per heavy atom. The van der Waals surface area contributed by atoms with Crippen LogP contribution in [-0.2, 0) is 35.7 Å². The molecule has 2 aromatic rings. The van der Waals surface area contributed by atoms with Crippen molar-refractivity contribution in [3.63, 3.8) is 0 Å². The maximum atomic E-state index is 12.7. The van der Waals surface area contributed by atoms with Crippen LogP contribution in [0.15, 0.2) is 42.5 Å². The first kappa shape index (κ1) is 20.0. The molecule has 0 saturated heterocycles. The van der Waals surface area contributed by atoms with E-state index in [0.717, 1.165) is 42.7 Å². The molecule has 0 spiro atoms. The Labute approximate surface area is 165 Å². The van der Waals surface area contributed by atoms with Crippen LogP contribution in [0, 0.1) is 0 Å². The second-order valence-electron chi connectivity index (χ2n) is 7.17. The van der Waals surface area contributed by atoms with Crippen LogP contribution in [0.2, 0.25) is 0 Å². The Morgan fingerprint density at radius 1 is 1.18 bits per heavy atom. The zero-order valence-electron chi connectivity index (χ0n) is 16.1. The summed E-state index contributed by atoms with van der Waals surface area (Å²) in [6.07, 6.45) is 1.08. The minimum atomic E-state index is -0.250. The van der Waals surface area contributed by atoms with Gasteiger partial charge in [0.05, 0.1) is 13.2 Å². The number of rotatable bonds is 4.